The molecule has 1 aliphatic rings. The average molecular weight is 333 g/mol. The van der Waals surface area contributed by atoms with Crippen molar-refractivity contribution in [3.63, 3.8) is 0 Å². The van der Waals surface area contributed by atoms with Gasteiger partial charge in [0.2, 0.25) is 10.0 Å². The summed E-state index contributed by atoms with van der Waals surface area (Å²) in [5.41, 5.74) is 5.01. The molecule has 0 amide bonds. The van der Waals surface area contributed by atoms with Crippen molar-refractivity contribution in [2.75, 3.05) is 12.8 Å². The summed E-state index contributed by atoms with van der Waals surface area (Å²) in [4.78, 5) is 3.62. The van der Waals surface area contributed by atoms with Crippen molar-refractivity contribution in [3.8, 4) is 0 Å². The monoisotopic (exact) mass is 333 g/mol. The molecular weight excluding hydrogens is 314 g/mol. The van der Waals surface area contributed by atoms with E-state index in [1.165, 1.54) is 12.1 Å². The summed E-state index contributed by atoms with van der Waals surface area (Å²) in [7, 11) is -7.24. The molecule has 7 nitrogen and oxygen atoms in total. The first-order valence-electron chi connectivity index (χ1n) is 6.49. The maximum Gasteiger partial charge on any atom is 0.242 e. The second-order valence-electron chi connectivity index (χ2n) is 5.61. The second kappa shape index (κ2) is 5.31. The normalized spacial score (nSPS) is 19.2. The number of rotatable bonds is 6. The highest BCUT2D eigenvalue weighted by Crippen LogP contribution is 2.39. The number of pyridine rings is 1. The van der Waals surface area contributed by atoms with Gasteiger partial charge in [-0.3, -0.25) is 0 Å². The van der Waals surface area contributed by atoms with Gasteiger partial charge in [0.15, 0.2) is 14.9 Å². The summed E-state index contributed by atoms with van der Waals surface area (Å²) in [5, 5.41) is -0.162. The van der Waals surface area contributed by atoms with E-state index in [1.54, 1.807) is 6.92 Å². The molecule has 2 rings (SSSR count). The number of nitrogens with zero attached hydrogens (tertiary/aromatic N) is 1. The number of nitrogens with two attached hydrogens (primary N) is 1. The molecular formula is C12H19N3O4S2. The predicted octanol–water partition coefficient (Wildman–Crippen LogP) is -0.109. The molecule has 9 heteroatoms. The highest BCUT2D eigenvalue weighted by molar-refractivity contribution is 7.90. The molecule has 1 atom stereocenters. The molecule has 0 spiro atoms. The van der Waals surface area contributed by atoms with Crippen LogP contribution in [0.3, 0.4) is 0 Å². The van der Waals surface area contributed by atoms with Crippen molar-refractivity contribution in [3.05, 3.63) is 18.3 Å². The van der Waals surface area contributed by atoms with E-state index in [9.17, 15) is 16.8 Å². The lowest BCUT2D eigenvalue weighted by Crippen LogP contribution is -2.52. The van der Waals surface area contributed by atoms with Gasteiger partial charge in [-0.25, -0.2) is 26.5 Å². The summed E-state index contributed by atoms with van der Waals surface area (Å²) in [6.07, 6.45) is 3.95. The standard InChI is InChI=1S/C12H19N3O4S2/c1-12(8-13,9-3-4-9)15-21(18,19)10-5-6-11(14-7-10)20(2,16)17/h5-7,9,15H,3-4,8,13H2,1-2H3. The van der Waals surface area contributed by atoms with E-state index in [2.05, 4.69) is 9.71 Å². The average Bonchev–Trinajstić information content (AvgIpc) is 3.22. The zero-order valence-corrected chi connectivity index (χ0v) is 13.5. The molecule has 1 aliphatic carbocycles. The van der Waals surface area contributed by atoms with E-state index in [0.717, 1.165) is 25.3 Å². The Morgan fingerprint density at radius 3 is 2.33 bits per heavy atom. The Bertz CT molecular complexity index is 724. The fourth-order valence-corrected chi connectivity index (χ4v) is 4.10. The summed E-state index contributed by atoms with van der Waals surface area (Å²) in [5.74, 6) is 0.237. The van der Waals surface area contributed by atoms with Crippen LogP contribution in [0.15, 0.2) is 28.3 Å². The van der Waals surface area contributed by atoms with Gasteiger partial charge in [0, 0.05) is 24.5 Å². The van der Waals surface area contributed by atoms with Gasteiger partial charge >= 0.3 is 0 Å². The maximum atomic E-state index is 12.3. The first-order valence-corrected chi connectivity index (χ1v) is 9.86. The van der Waals surface area contributed by atoms with Crippen LogP contribution in [-0.4, -0.2) is 40.2 Å². The van der Waals surface area contributed by atoms with Crippen LogP contribution in [0, 0.1) is 5.92 Å². The van der Waals surface area contributed by atoms with E-state index >= 15 is 0 Å². The Morgan fingerprint density at radius 2 is 1.95 bits per heavy atom. The lowest BCUT2D eigenvalue weighted by molar-refractivity contribution is 0.374. The SMILES string of the molecule is CC(CN)(NS(=O)(=O)c1ccc(S(C)(=O)=O)nc1)C1CC1. The van der Waals surface area contributed by atoms with Gasteiger partial charge in [-0.1, -0.05) is 0 Å². The third kappa shape index (κ3) is 3.60. The Labute approximate surface area is 124 Å². The molecule has 1 saturated carbocycles. The minimum Gasteiger partial charge on any atom is -0.329 e. The molecule has 21 heavy (non-hydrogen) atoms. The number of aromatic nitrogens is 1. The molecule has 0 radical (unpaired) electrons. The molecule has 0 aliphatic heterocycles. The largest absolute Gasteiger partial charge is 0.329 e. The van der Waals surface area contributed by atoms with Gasteiger partial charge in [0.25, 0.3) is 0 Å². The van der Waals surface area contributed by atoms with Crippen molar-refractivity contribution in [1.29, 1.82) is 0 Å². The van der Waals surface area contributed by atoms with Gasteiger partial charge in [0.05, 0.1) is 0 Å². The summed E-state index contributed by atoms with van der Waals surface area (Å²) in [6.45, 7) is 1.98. The molecule has 1 aromatic heterocycles. The van der Waals surface area contributed by atoms with Gasteiger partial charge in [0.1, 0.15) is 4.90 Å². The molecule has 0 aromatic carbocycles. The second-order valence-corrected chi connectivity index (χ2v) is 9.25. The first-order chi connectivity index (χ1) is 9.58. The summed E-state index contributed by atoms with van der Waals surface area (Å²) in [6, 6.07) is 2.41. The van der Waals surface area contributed by atoms with Crippen LogP contribution in [0.2, 0.25) is 0 Å². The van der Waals surface area contributed by atoms with Crippen molar-refractivity contribution < 1.29 is 16.8 Å². The van der Waals surface area contributed by atoms with Gasteiger partial charge < -0.3 is 5.73 Å². The van der Waals surface area contributed by atoms with Gasteiger partial charge in [-0.2, -0.15) is 0 Å². The summed E-state index contributed by atoms with van der Waals surface area (Å²) >= 11 is 0. The third-order valence-corrected chi connectivity index (χ3v) is 6.27. The topological polar surface area (TPSA) is 119 Å². The smallest absolute Gasteiger partial charge is 0.242 e. The van der Waals surface area contributed by atoms with Crippen LogP contribution >= 0.6 is 0 Å². The highest BCUT2D eigenvalue weighted by atomic mass is 32.2. The van der Waals surface area contributed by atoms with Crippen LogP contribution < -0.4 is 10.5 Å². The Hall–Kier alpha value is -1.03. The van der Waals surface area contributed by atoms with Gasteiger partial charge in [-0.05, 0) is 37.8 Å². The van der Waals surface area contributed by atoms with Crippen molar-refractivity contribution in [1.82, 2.24) is 9.71 Å². The van der Waals surface area contributed by atoms with E-state index in [4.69, 9.17) is 5.73 Å². The minimum absolute atomic E-state index is 0.0739. The maximum absolute atomic E-state index is 12.3. The van der Waals surface area contributed by atoms with Crippen LogP contribution in [0.25, 0.3) is 0 Å². The predicted molar refractivity (Wildman–Crippen MR) is 77.9 cm³/mol. The number of sulfonamides is 1. The van der Waals surface area contributed by atoms with Crippen LogP contribution in [-0.2, 0) is 19.9 Å². The van der Waals surface area contributed by atoms with Crippen LogP contribution in [0.5, 0.6) is 0 Å². The molecule has 3 N–H and O–H groups in total. The summed E-state index contributed by atoms with van der Waals surface area (Å²) < 4.78 is 49.9. The first kappa shape index (κ1) is 16.3. The lowest BCUT2D eigenvalue weighted by atomic mass is 9.98. The Morgan fingerprint density at radius 1 is 1.33 bits per heavy atom. The van der Waals surface area contributed by atoms with Crippen molar-refractivity contribution in [2.45, 2.75) is 35.2 Å². The zero-order chi connectivity index (χ0) is 15.9. The fourth-order valence-electron chi connectivity index (χ4n) is 2.12. The van der Waals surface area contributed by atoms with E-state index in [1.807, 2.05) is 0 Å². The Kier molecular flexibility index (Phi) is 4.13. The fraction of sp³-hybridized carbons (Fsp3) is 0.583. The zero-order valence-electron chi connectivity index (χ0n) is 11.9. The quantitative estimate of drug-likeness (QED) is 0.750. The molecule has 1 heterocycles. The van der Waals surface area contributed by atoms with E-state index < -0.39 is 25.4 Å². The number of hydrogen-bond acceptors (Lipinski definition) is 6. The van der Waals surface area contributed by atoms with Crippen LogP contribution in [0.4, 0.5) is 0 Å². The molecule has 118 valence electrons. The molecule has 1 aromatic rings. The molecule has 0 saturated heterocycles. The van der Waals surface area contributed by atoms with E-state index in [0.29, 0.717) is 0 Å². The van der Waals surface area contributed by atoms with Crippen LogP contribution in [0.1, 0.15) is 19.8 Å². The molecule has 1 fully saturated rings. The molecule has 0 bridgehead atoms. The number of hydrogen-bond donors (Lipinski definition) is 2. The van der Waals surface area contributed by atoms with Crippen molar-refractivity contribution >= 4 is 19.9 Å². The van der Waals surface area contributed by atoms with E-state index in [-0.39, 0.29) is 22.4 Å². The minimum atomic E-state index is -3.78. The Balaban J connectivity index is 2.27. The molecule has 1 unspecified atom stereocenters. The highest BCUT2D eigenvalue weighted by Gasteiger charge is 2.43. The van der Waals surface area contributed by atoms with Gasteiger partial charge in [-0.15, -0.1) is 0 Å². The lowest BCUT2D eigenvalue weighted by Gasteiger charge is -2.29. The van der Waals surface area contributed by atoms with Crippen molar-refractivity contribution in [2.24, 2.45) is 11.7 Å². The number of nitrogens with one attached hydrogen (secondary N) is 1. The number of sulfone groups is 1. The third-order valence-electron chi connectivity index (χ3n) is 3.67.